The Morgan fingerprint density at radius 2 is 1.90 bits per heavy atom. The molecule has 7 heteroatoms. The highest BCUT2D eigenvalue weighted by atomic mass is 32.2. The predicted octanol–water partition coefficient (Wildman–Crippen LogP) is 1.19. The molecular formula is C13H13FN2O3S. The first-order valence-electron chi connectivity index (χ1n) is 5.81. The number of aliphatic hydroxyl groups is 1. The van der Waals surface area contributed by atoms with E-state index in [0.717, 1.165) is 17.7 Å². The lowest BCUT2D eigenvalue weighted by Gasteiger charge is -2.10. The van der Waals surface area contributed by atoms with Gasteiger partial charge in [-0.15, -0.1) is 0 Å². The minimum atomic E-state index is -3.89. The highest BCUT2D eigenvalue weighted by Gasteiger charge is 2.18. The Hall–Kier alpha value is -1.83. The largest absolute Gasteiger partial charge is 0.392 e. The zero-order valence-corrected chi connectivity index (χ0v) is 11.3. The average Bonchev–Trinajstić information content (AvgIpc) is 2.46. The van der Waals surface area contributed by atoms with Crippen molar-refractivity contribution in [2.75, 3.05) is 0 Å². The van der Waals surface area contributed by atoms with Gasteiger partial charge in [0.15, 0.2) is 0 Å². The van der Waals surface area contributed by atoms with Crippen LogP contribution in [-0.2, 0) is 23.2 Å². The van der Waals surface area contributed by atoms with Gasteiger partial charge in [-0.3, -0.25) is 4.98 Å². The highest BCUT2D eigenvalue weighted by molar-refractivity contribution is 7.89. The Morgan fingerprint density at radius 3 is 2.55 bits per heavy atom. The number of rotatable bonds is 5. The summed E-state index contributed by atoms with van der Waals surface area (Å²) < 4.78 is 39.8. The number of aromatic nitrogens is 1. The Bertz CT molecular complexity index is 690. The SMILES string of the molecule is O=S(=O)(NCc1ccncc1)c1cc(F)ccc1CO. The summed E-state index contributed by atoms with van der Waals surface area (Å²) in [7, 11) is -3.89. The summed E-state index contributed by atoms with van der Waals surface area (Å²) in [5.74, 6) is -0.675. The second kappa shape index (κ2) is 6.08. The molecule has 0 saturated carbocycles. The molecule has 0 saturated heterocycles. The summed E-state index contributed by atoms with van der Waals surface area (Å²) in [6.07, 6.45) is 3.09. The topological polar surface area (TPSA) is 79.3 Å². The quantitative estimate of drug-likeness (QED) is 0.868. The molecule has 0 aliphatic rings. The van der Waals surface area contributed by atoms with Gasteiger partial charge < -0.3 is 5.11 Å². The molecule has 106 valence electrons. The number of hydrogen-bond acceptors (Lipinski definition) is 4. The van der Waals surface area contributed by atoms with E-state index in [2.05, 4.69) is 9.71 Å². The molecule has 0 fully saturated rings. The summed E-state index contributed by atoms with van der Waals surface area (Å²) in [5, 5.41) is 9.13. The third kappa shape index (κ3) is 3.38. The van der Waals surface area contributed by atoms with E-state index < -0.39 is 22.4 Å². The number of pyridine rings is 1. The van der Waals surface area contributed by atoms with Gasteiger partial charge in [-0.25, -0.2) is 17.5 Å². The number of nitrogens with zero attached hydrogens (tertiary/aromatic N) is 1. The van der Waals surface area contributed by atoms with Crippen LogP contribution >= 0.6 is 0 Å². The Balaban J connectivity index is 2.24. The molecule has 1 aromatic heterocycles. The lowest BCUT2D eigenvalue weighted by Crippen LogP contribution is -2.24. The first kappa shape index (κ1) is 14.6. The van der Waals surface area contributed by atoms with E-state index in [1.54, 1.807) is 24.5 Å². The van der Waals surface area contributed by atoms with Crippen LogP contribution in [-0.4, -0.2) is 18.5 Å². The smallest absolute Gasteiger partial charge is 0.241 e. The third-order valence-corrected chi connectivity index (χ3v) is 4.19. The lowest BCUT2D eigenvalue weighted by atomic mass is 10.2. The van der Waals surface area contributed by atoms with Crippen molar-refractivity contribution in [1.29, 1.82) is 0 Å². The second-order valence-electron chi connectivity index (χ2n) is 4.09. The van der Waals surface area contributed by atoms with Crippen LogP contribution in [0.2, 0.25) is 0 Å². The third-order valence-electron chi connectivity index (χ3n) is 2.70. The lowest BCUT2D eigenvalue weighted by molar-refractivity contribution is 0.278. The van der Waals surface area contributed by atoms with Crippen molar-refractivity contribution in [3.63, 3.8) is 0 Å². The molecule has 2 aromatic rings. The number of benzene rings is 1. The van der Waals surface area contributed by atoms with E-state index in [-0.39, 0.29) is 17.0 Å². The number of sulfonamides is 1. The van der Waals surface area contributed by atoms with Crippen LogP contribution in [0.5, 0.6) is 0 Å². The fourth-order valence-corrected chi connectivity index (χ4v) is 2.92. The van der Waals surface area contributed by atoms with Gasteiger partial charge in [0.05, 0.1) is 11.5 Å². The standard InChI is InChI=1S/C13H13FN2O3S/c14-12-2-1-11(9-17)13(7-12)20(18,19)16-8-10-3-5-15-6-4-10/h1-7,16-17H,8-9H2. The Morgan fingerprint density at radius 1 is 1.20 bits per heavy atom. The maximum atomic E-state index is 13.2. The van der Waals surface area contributed by atoms with Gasteiger partial charge in [0.25, 0.3) is 0 Å². The van der Waals surface area contributed by atoms with Crippen LogP contribution in [0.25, 0.3) is 0 Å². The second-order valence-corrected chi connectivity index (χ2v) is 5.83. The van der Waals surface area contributed by atoms with Gasteiger partial charge in [0.2, 0.25) is 10.0 Å². The molecule has 5 nitrogen and oxygen atoms in total. The molecule has 0 atom stereocenters. The Labute approximate surface area is 116 Å². The van der Waals surface area contributed by atoms with Gasteiger partial charge in [-0.2, -0.15) is 0 Å². The molecule has 0 spiro atoms. The highest BCUT2D eigenvalue weighted by Crippen LogP contribution is 2.17. The average molecular weight is 296 g/mol. The molecule has 1 aromatic carbocycles. The van der Waals surface area contributed by atoms with Crippen LogP contribution in [0.15, 0.2) is 47.6 Å². The Kier molecular flexibility index (Phi) is 4.43. The first-order valence-corrected chi connectivity index (χ1v) is 7.29. The molecule has 2 rings (SSSR count). The summed E-state index contributed by atoms with van der Waals surface area (Å²) in [6, 6.07) is 6.58. The number of aliphatic hydroxyl groups excluding tert-OH is 1. The van der Waals surface area contributed by atoms with E-state index in [1.807, 2.05) is 0 Å². The van der Waals surface area contributed by atoms with Crippen molar-refractivity contribution in [3.8, 4) is 0 Å². The molecule has 2 N–H and O–H groups in total. The maximum absolute atomic E-state index is 13.2. The predicted molar refractivity (Wildman–Crippen MR) is 70.6 cm³/mol. The van der Waals surface area contributed by atoms with Crippen molar-refractivity contribution in [2.24, 2.45) is 0 Å². The zero-order valence-electron chi connectivity index (χ0n) is 10.5. The number of hydrogen-bond donors (Lipinski definition) is 2. The summed E-state index contributed by atoms with van der Waals surface area (Å²) >= 11 is 0. The minimum absolute atomic E-state index is 0.0617. The van der Waals surface area contributed by atoms with Gasteiger partial charge in [-0.05, 0) is 35.4 Å². The van der Waals surface area contributed by atoms with E-state index in [1.165, 1.54) is 6.07 Å². The summed E-state index contributed by atoms with van der Waals surface area (Å²) in [5.41, 5.74) is 0.874. The van der Waals surface area contributed by atoms with Crippen molar-refractivity contribution in [1.82, 2.24) is 9.71 Å². The van der Waals surface area contributed by atoms with Crippen molar-refractivity contribution in [2.45, 2.75) is 18.0 Å². The zero-order chi connectivity index (χ0) is 14.6. The van der Waals surface area contributed by atoms with Crippen LogP contribution < -0.4 is 4.72 Å². The van der Waals surface area contributed by atoms with Crippen LogP contribution in [0.3, 0.4) is 0 Å². The van der Waals surface area contributed by atoms with E-state index in [0.29, 0.717) is 0 Å². The van der Waals surface area contributed by atoms with Crippen molar-refractivity contribution >= 4 is 10.0 Å². The molecule has 0 aliphatic carbocycles. The van der Waals surface area contributed by atoms with Crippen molar-refractivity contribution < 1.29 is 17.9 Å². The maximum Gasteiger partial charge on any atom is 0.241 e. The van der Waals surface area contributed by atoms with Crippen molar-refractivity contribution in [3.05, 3.63) is 59.7 Å². The molecule has 0 bridgehead atoms. The van der Waals surface area contributed by atoms with Gasteiger partial charge in [-0.1, -0.05) is 6.07 Å². The van der Waals surface area contributed by atoms with Gasteiger partial charge >= 0.3 is 0 Å². The molecule has 0 unspecified atom stereocenters. The summed E-state index contributed by atoms with van der Waals surface area (Å²) in [6.45, 7) is -0.419. The van der Waals surface area contributed by atoms with E-state index in [4.69, 9.17) is 5.11 Å². The first-order chi connectivity index (χ1) is 9.53. The van der Waals surface area contributed by atoms with Gasteiger partial charge in [0, 0.05) is 18.9 Å². The minimum Gasteiger partial charge on any atom is -0.392 e. The normalized spacial score (nSPS) is 11.5. The monoisotopic (exact) mass is 296 g/mol. The molecule has 0 amide bonds. The molecule has 20 heavy (non-hydrogen) atoms. The van der Waals surface area contributed by atoms with Crippen LogP contribution in [0.1, 0.15) is 11.1 Å². The summed E-state index contributed by atoms with van der Waals surface area (Å²) in [4.78, 5) is 3.57. The molecule has 0 aliphatic heterocycles. The van der Waals surface area contributed by atoms with E-state index in [9.17, 15) is 12.8 Å². The van der Waals surface area contributed by atoms with Crippen LogP contribution in [0, 0.1) is 5.82 Å². The van der Waals surface area contributed by atoms with E-state index >= 15 is 0 Å². The fraction of sp³-hybridized carbons (Fsp3) is 0.154. The molecule has 1 heterocycles. The fourth-order valence-electron chi connectivity index (χ4n) is 1.67. The molecular weight excluding hydrogens is 283 g/mol. The number of nitrogens with one attached hydrogen (secondary N) is 1. The van der Waals surface area contributed by atoms with Crippen LogP contribution in [0.4, 0.5) is 4.39 Å². The van der Waals surface area contributed by atoms with Gasteiger partial charge in [0.1, 0.15) is 5.82 Å². The molecule has 0 radical (unpaired) electrons. The number of halogens is 1.